The lowest BCUT2D eigenvalue weighted by molar-refractivity contribution is 0.103. The van der Waals surface area contributed by atoms with Gasteiger partial charge in [-0.05, 0) is 42.8 Å². The van der Waals surface area contributed by atoms with E-state index in [4.69, 9.17) is 5.73 Å². The van der Waals surface area contributed by atoms with E-state index < -0.39 is 0 Å². The van der Waals surface area contributed by atoms with Gasteiger partial charge in [-0.15, -0.1) is 0 Å². The standard InChI is InChI=1S/C14H12BrNO/c1-9-2-3-11(8-13(9)16)14(17)10-4-6-12(15)7-5-10/h2-8H,16H2,1H3. The Morgan fingerprint density at radius 2 is 1.65 bits per heavy atom. The average molecular weight is 290 g/mol. The topological polar surface area (TPSA) is 43.1 Å². The van der Waals surface area contributed by atoms with E-state index in [0.717, 1.165) is 10.0 Å². The molecular weight excluding hydrogens is 278 g/mol. The number of halogens is 1. The molecule has 0 saturated carbocycles. The van der Waals surface area contributed by atoms with Gasteiger partial charge in [0.1, 0.15) is 0 Å². The van der Waals surface area contributed by atoms with Crippen LogP contribution >= 0.6 is 15.9 Å². The average Bonchev–Trinajstić information content (AvgIpc) is 2.33. The Balaban J connectivity index is 2.37. The normalized spacial score (nSPS) is 10.2. The van der Waals surface area contributed by atoms with Gasteiger partial charge in [0.2, 0.25) is 0 Å². The molecule has 0 aliphatic carbocycles. The second-order valence-corrected chi connectivity index (χ2v) is 4.82. The molecule has 0 heterocycles. The van der Waals surface area contributed by atoms with Crippen molar-refractivity contribution in [3.8, 4) is 0 Å². The fourth-order valence-electron chi connectivity index (χ4n) is 1.55. The van der Waals surface area contributed by atoms with Crippen LogP contribution in [0.1, 0.15) is 21.5 Å². The highest BCUT2D eigenvalue weighted by Crippen LogP contribution is 2.18. The van der Waals surface area contributed by atoms with Gasteiger partial charge in [-0.3, -0.25) is 4.79 Å². The maximum Gasteiger partial charge on any atom is 0.193 e. The van der Waals surface area contributed by atoms with Crippen molar-refractivity contribution >= 4 is 27.4 Å². The number of hydrogen-bond donors (Lipinski definition) is 1. The maximum atomic E-state index is 12.2. The van der Waals surface area contributed by atoms with E-state index in [1.807, 2.05) is 25.1 Å². The Bertz CT molecular complexity index is 561. The number of benzene rings is 2. The third kappa shape index (κ3) is 2.56. The Morgan fingerprint density at radius 1 is 1.06 bits per heavy atom. The highest BCUT2D eigenvalue weighted by Gasteiger charge is 2.09. The second-order valence-electron chi connectivity index (χ2n) is 3.91. The van der Waals surface area contributed by atoms with E-state index >= 15 is 0 Å². The molecule has 0 unspecified atom stereocenters. The summed E-state index contributed by atoms with van der Waals surface area (Å²) >= 11 is 3.34. The molecule has 2 N–H and O–H groups in total. The number of rotatable bonds is 2. The van der Waals surface area contributed by atoms with E-state index in [9.17, 15) is 4.79 Å². The summed E-state index contributed by atoms with van der Waals surface area (Å²) in [6.07, 6.45) is 0. The highest BCUT2D eigenvalue weighted by atomic mass is 79.9. The minimum atomic E-state index is -0.01000. The van der Waals surface area contributed by atoms with Gasteiger partial charge < -0.3 is 5.73 Å². The number of carbonyl (C=O) groups is 1. The first-order chi connectivity index (χ1) is 8.08. The first kappa shape index (κ1) is 11.9. The van der Waals surface area contributed by atoms with E-state index in [1.54, 1.807) is 24.3 Å². The molecule has 0 spiro atoms. The number of hydrogen-bond acceptors (Lipinski definition) is 2. The van der Waals surface area contributed by atoms with Gasteiger partial charge in [0, 0.05) is 21.3 Å². The van der Waals surface area contributed by atoms with Crippen LogP contribution in [0.3, 0.4) is 0 Å². The molecule has 0 saturated heterocycles. The lowest BCUT2D eigenvalue weighted by atomic mass is 10.0. The molecule has 0 radical (unpaired) electrons. The maximum absolute atomic E-state index is 12.2. The number of carbonyl (C=O) groups excluding carboxylic acids is 1. The monoisotopic (exact) mass is 289 g/mol. The van der Waals surface area contributed by atoms with Crippen LogP contribution in [0, 0.1) is 6.92 Å². The van der Waals surface area contributed by atoms with E-state index in [2.05, 4.69) is 15.9 Å². The molecular formula is C14H12BrNO. The van der Waals surface area contributed by atoms with Crippen LogP contribution in [0.15, 0.2) is 46.9 Å². The van der Waals surface area contributed by atoms with Crippen LogP contribution in [0.2, 0.25) is 0 Å². The van der Waals surface area contributed by atoms with Gasteiger partial charge in [0.25, 0.3) is 0 Å². The van der Waals surface area contributed by atoms with Crippen molar-refractivity contribution < 1.29 is 4.79 Å². The summed E-state index contributed by atoms with van der Waals surface area (Å²) in [5, 5.41) is 0. The number of ketones is 1. The van der Waals surface area contributed by atoms with Crippen LogP contribution in [-0.2, 0) is 0 Å². The van der Waals surface area contributed by atoms with Gasteiger partial charge in [0.05, 0.1) is 0 Å². The lowest BCUT2D eigenvalue weighted by Crippen LogP contribution is -2.02. The molecule has 2 aromatic rings. The third-order valence-electron chi connectivity index (χ3n) is 2.65. The van der Waals surface area contributed by atoms with Crippen molar-refractivity contribution in [1.82, 2.24) is 0 Å². The molecule has 0 fully saturated rings. The van der Waals surface area contributed by atoms with Gasteiger partial charge >= 0.3 is 0 Å². The number of nitrogen functional groups attached to an aromatic ring is 1. The van der Waals surface area contributed by atoms with Gasteiger partial charge in [-0.25, -0.2) is 0 Å². The smallest absolute Gasteiger partial charge is 0.193 e. The first-order valence-corrected chi connectivity index (χ1v) is 6.03. The molecule has 3 heteroatoms. The summed E-state index contributed by atoms with van der Waals surface area (Å²) < 4.78 is 0.956. The molecule has 0 bridgehead atoms. The van der Waals surface area contributed by atoms with Crippen molar-refractivity contribution in [3.05, 3.63) is 63.6 Å². The second kappa shape index (κ2) is 4.72. The van der Waals surface area contributed by atoms with E-state index in [1.165, 1.54) is 0 Å². The minimum absolute atomic E-state index is 0.01000. The predicted molar refractivity (Wildman–Crippen MR) is 73.2 cm³/mol. The Morgan fingerprint density at radius 3 is 2.24 bits per heavy atom. The quantitative estimate of drug-likeness (QED) is 0.678. The summed E-state index contributed by atoms with van der Waals surface area (Å²) in [4.78, 5) is 12.2. The Hall–Kier alpha value is -1.61. The van der Waals surface area contributed by atoms with Crippen LogP contribution in [0.5, 0.6) is 0 Å². The fourth-order valence-corrected chi connectivity index (χ4v) is 1.81. The molecule has 0 aromatic heterocycles. The molecule has 17 heavy (non-hydrogen) atoms. The zero-order valence-electron chi connectivity index (χ0n) is 9.41. The summed E-state index contributed by atoms with van der Waals surface area (Å²) in [6.45, 7) is 1.92. The lowest BCUT2D eigenvalue weighted by Gasteiger charge is -2.04. The van der Waals surface area contributed by atoms with Crippen molar-refractivity contribution in [2.75, 3.05) is 5.73 Å². The van der Waals surface area contributed by atoms with Gasteiger partial charge in [0.15, 0.2) is 5.78 Å². The third-order valence-corrected chi connectivity index (χ3v) is 3.18. The number of anilines is 1. The molecule has 0 amide bonds. The first-order valence-electron chi connectivity index (χ1n) is 5.24. The molecule has 86 valence electrons. The zero-order valence-corrected chi connectivity index (χ0v) is 11.0. The molecule has 0 aliphatic heterocycles. The summed E-state index contributed by atoms with van der Waals surface area (Å²) in [5.41, 5.74) is 8.71. The van der Waals surface area contributed by atoms with Gasteiger partial charge in [-0.2, -0.15) is 0 Å². The molecule has 2 nitrogen and oxygen atoms in total. The highest BCUT2D eigenvalue weighted by molar-refractivity contribution is 9.10. The van der Waals surface area contributed by atoms with Crippen molar-refractivity contribution in [3.63, 3.8) is 0 Å². The summed E-state index contributed by atoms with van der Waals surface area (Å²) in [7, 11) is 0. The molecule has 2 aromatic carbocycles. The molecule has 2 rings (SSSR count). The van der Waals surface area contributed by atoms with Crippen LogP contribution < -0.4 is 5.73 Å². The molecule has 0 aliphatic rings. The summed E-state index contributed by atoms with van der Waals surface area (Å²) in [5.74, 6) is -0.01000. The fraction of sp³-hybridized carbons (Fsp3) is 0.0714. The van der Waals surface area contributed by atoms with Gasteiger partial charge in [-0.1, -0.05) is 28.1 Å². The Kier molecular flexibility index (Phi) is 3.29. The minimum Gasteiger partial charge on any atom is -0.398 e. The summed E-state index contributed by atoms with van der Waals surface area (Å²) in [6, 6.07) is 12.7. The largest absolute Gasteiger partial charge is 0.398 e. The van der Waals surface area contributed by atoms with E-state index in [-0.39, 0.29) is 5.78 Å². The van der Waals surface area contributed by atoms with Crippen LogP contribution in [-0.4, -0.2) is 5.78 Å². The predicted octanol–water partition coefficient (Wildman–Crippen LogP) is 3.57. The van der Waals surface area contributed by atoms with Crippen LogP contribution in [0.4, 0.5) is 5.69 Å². The van der Waals surface area contributed by atoms with E-state index in [0.29, 0.717) is 16.8 Å². The van der Waals surface area contributed by atoms with Crippen molar-refractivity contribution in [1.29, 1.82) is 0 Å². The Labute approximate surface area is 109 Å². The van der Waals surface area contributed by atoms with Crippen molar-refractivity contribution in [2.24, 2.45) is 0 Å². The number of aryl methyl sites for hydroxylation is 1. The zero-order chi connectivity index (χ0) is 12.4. The SMILES string of the molecule is Cc1ccc(C(=O)c2ccc(Br)cc2)cc1N. The molecule has 0 atom stereocenters. The van der Waals surface area contributed by atoms with Crippen molar-refractivity contribution in [2.45, 2.75) is 6.92 Å². The van der Waals surface area contributed by atoms with Crippen LogP contribution in [0.25, 0.3) is 0 Å². The number of nitrogens with two attached hydrogens (primary N) is 1.